The van der Waals surface area contributed by atoms with Crippen LogP contribution in [0.3, 0.4) is 0 Å². The minimum atomic E-state index is -0.286. The van der Waals surface area contributed by atoms with Crippen molar-refractivity contribution in [1.82, 2.24) is 4.90 Å². The second-order valence-electron chi connectivity index (χ2n) is 3.03. The maximum absolute atomic E-state index is 11.5. The van der Waals surface area contributed by atoms with E-state index in [1.807, 2.05) is 0 Å². The SMILES string of the molecule is CCOC(=O)N(CCCOC)CCOC. The number of nitrogens with zero attached hydrogens (tertiary/aromatic N) is 1. The average molecular weight is 219 g/mol. The molecule has 0 saturated carbocycles. The van der Waals surface area contributed by atoms with Gasteiger partial charge in [-0.2, -0.15) is 0 Å². The Hall–Kier alpha value is -0.810. The first-order valence-corrected chi connectivity index (χ1v) is 5.15. The summed E-state index contributed by atoms with van der Waals surface area (Å²) in [6, 6.07) is 0. The molecule has 0 rings (SSSR count). The third kappa shape index (κ3) is 7.16. The molecule has 0 atom stereocenters. The Kier molecular flexibility index (Phi) is 9.21. The maximum atomic E-state index is 11.5. The molecule has 0 aromatic carbocycles. The van der Waals surface area contributed by atoms with Crippen LogP contribution in [-0.4, -0.2) is 58.1 Å². The molecule has 0 saturated heterocycles. The third-order valence-corrected chi connectivity index (χ3v) is 1.87. The molecule has 0 aromatic heterocycles. The van der Waals surface area contributed by atoms with Crippen molar-refractivity contribution >= 4 is 6.09 Å². The molecule has 0 heterocycles. The average Bonchev–Trinajstić information content (AvgIpc) is 2.23. The highest BCUT2D eigenvalue weighted by Gasteiger charge is 2.13. The number of hydrogen-bond acceptors (Lipinski definition) is 4. The van der Waals surface area contributed by atoms with Crippen LogP contribution in [0.1, 0.15) is 13.3 Å². The number of rotatable bonds is 8. The summed E-state index contributed by atoms with van der Waals surface area (Å²) in [6.07, 6.45) is 0.518. The Morgan fingerprint density at radius 3 is 2.33 bits per heavy atom. The van der Waals surface area contributed by atoms with Gasteiger partial charge in [-0.05, 0) is 13.3 Å². The molecule has 0 aliphatic heterocycles. The van der Waals surface area contributed by atoms with Crippen LogP contribution in [0.25, 0.3) is 0 Å². The summed E-state index contributed by atoms with van der Waals surface area (Å²) in [5.41, 5.74) is 0. The molecule has 0 aromatic rings. The van der Waals surface area contributed by atoms with Crippen molar-refractivity contribution in [3.05, 3.63) is 0 Å². The van der Waals surface area contributed by atoms with Crippen LogP contribution in [0.2, 0.25) is 0 Å². The predicted octanol–water partition coefficient (Wildman–Crippen LogP) is 1.13. The molecule has 0 aliphatic rings. The Morgan fingerprint density at radius 1 is 1.13 bits per heavy atom. The van der Waals surface area contributed by atoms with E-state index in [1.165, 1.54) is 0 Å². The highest BCUT2D eigenvalue weighted by molar-refractivity contribution is 5.67. The molecule has 0 spiro atoms. The molecule has 0 unspecified atom stereocenters. The molecule has 15 heavy (non-hydrogen) atoms. The summed E-state index contributed by atoms with van der Waals surface area (Å²) in [7, 11) is 3.25. The number of methoxy groups -OCH3 is 2. The van der Waals surface area contributed by atoms with E-state index in [9.17, 15) is 4.79 Å². The van der Waals surface area contributed by atoms with Gasteiger partial charge in [0.2, 0.25) is 0 Å². The zero-order valence-corrected chi connectivity index (χ0v) is 9.82. The monoisotopic (exact) mass is 219 g/mol. The Balaban J connectivity index is 3.87. The van der Waals surface area contributed by atoms with Gasteiger partial charge in [0.15, 0.2) is 0 Å². The quantitative estimate of drug-likeness (QED) is 0.574. The minimum absolute atomic E-state index is 0.286. The van der Waals surface area contributed by atoms with Crippen molar-refractivity contribution in [1.29, 1.82) is 0 Å². The summed E-state index contributed by atoms with van der Waals surface area (Å²) < 4.78 is 14.8. The van der Waals surface area contributed by atoms with E-state index in [-0.39, 0.29) is 6.09 Å². The van der Waals surface area contributed by atoms with E-state index in [0.717, 1.165) is 6.42 Å². The fourth-order valence-corrected chi connectivity index (χ4v) is 1.11. The van der Waals surface area contributed by atoms with Crippen LogP contribution in [-0.2, 0) is 14.2 Å². The summed E-state index contributed by atoms with van der Waals surface area (Å²) in [5.74, 6) is 0. The van der Waals surface area contributed by atoms with E-state index in [4.69, 9.17) is 14.2 Å². The molecule has 5 heteroatoms. The third-order valence-electron chi connectivity index (χ3n) is 1.87. The molecular formula is C10H21NO4. The highest BCUT2D eigenvalue weighted by Crippen LogP contribution is 1.97. The molecule has 0 aliphatic carbocycles. The number of ether oxygens (including phenoxy) is 3. The Bertz CT molecular complexity index is 164. The van der Waals surface area contributed by atoms with E-state index in [2.05, 4.69) is 0 Å². The van der Waals surface area contributed by atoms with Crippen molar-refractivity contribution in [2.75, 3.05) is 47.1 Å². The molecule has 0 N–H and O–H groups in total. The number of hydrogen-bond donors (Lipinski definition) is 0. The molecule has 5 nitrogen and oxygen atoms in total. The minimum Gasteiger partial charge on any atom is -0.450 e. The largest absolute Gasteiger partial charge is 0.450 e. The van der Waals surface area contributed by atoms with E-state index >= 15 is 0 Å². The fraction of sp³-hybridized carbons (Fsp3) is 0.900. The van der Waals surface area contributed by atoms with Gasteiger partial charge < -0.3 is 19.1 Å². The zero-order chi connectivity index (χ0) is 11.5. The van der Waals surface area contributed by atoms with Crippen LogP contribution >= 0.6 is 0 Å². The summed E-state index contributed by atoms with van der Waals surface area (Å²) in [6.45, 7) is 4.54. The van der Waals surface area contributed by atoms with Crippen LogP contribution in [0.5, 0.6) is 0 Å². The first-order chi connectivity index (χ1) is 7.26. The van der Waals surface area contributed by atoms with Gasteiger partial charge in [0.05, 0.1) is 13.2 Å². The molecule has 90 valence electrons. The number of carbonyl (C=O) groups excluding carboxylic acids is 1. The van der Waals surface area contributed by atoms with Crippen molar-refractivity contribution in [2.24, 2.45) is 0 Å². The summed E-state index contributed by atoms with van der Waals surface area (Å²) in [5, 5.41) is 0. The van der Waals surface area contributed by atoms with Gasteiger partial charge in [0, 0.05) is 33.9 Å². The number of carbonyl (C=O) groups is 1. The van der Waals surface area contributed by atoms with E-state index < -0.39 is 0 Å². The Morgan fingerprint density at radius 2 is 1.80 bits per heavy atom. The van der Waals surface area contributed by atoms with Gasteiger partial charge >= 0.3 is 6.09 Å². The maximum Gasteiger partial charge on any atom is 0.409 e. The molecule has 1 amide bonds. The van der Waals surface area contributed by atoms with Crippen LogP contribution in [0.4, 0.5) is 4.79 Å². The van der Waals surface area contributed by atoms with Gasteiger partial charge in [0.1, 0.15) is 0 Å². The highest BCUT2D eigenvalue weighted by atomic mass is 16.6. The number of amides is 1. The van der Waals surface area contributed by atoms with Gasteiger partial charge in [-0.1, -0.05) is 0 Å². The lowest BCUT2D eigenvalue weighted by atomic mass is 10.4. The van der Waals surface area contributed by atoms with Gasteiger partial charge in [-0.15, -0.1) is 0 Å². The van der Waals surface area contributed by atoms with Crippen LogP contribution in [0, 0.1) is 0 Å². The zero-order valence-electron chi connectivity index (χ0n) is 9.82. The molecule has 0 bridgehead atoms. The van der Waals surface area contributed by atoms with Crippen molar-refractivity contribution in [2.45, 2.75) is 13.3 Å². The van der Waals surface area contributed by atoms with Crippen LogP contribution in [0.15, 0.2) is 0 Å². The normalized spacial score (nSPS) is 10.1. The van der Waals surface area contributed by atoms with Crippen molar-refractivity contribution in [3.63, 3.8) is 0 Å². The standard InChI is InChI=1S/C10H21NO4/c1-4-15-10(12)11(7-9-14-3)6-5-8-13-2/h4-9H2,1-3H3. The van der Waals surface area contributed by atoms with E-state index in [1.54, 1.807) is 26.0 Å². The summed E-state index contributed by atoms with van der Waals surface area (Å²) in [4.78, 5) is 13.1. The summed E-state index contributed by atoms with van der Waals surface area (Å²) >= 11 is 0. The van der Waals surface area contributed by atoms with E-state index in [0.29, 0.717) is 32.9 Å². The van der Waals surface area contributed by atoms with Crippen LogP contribution < -0.4 is 0 Å². The van der Waals surface area contributed by atoms with Gasteiger partial charge in [-0.25, -0.2) is 4.79 Å². The van der Waals surface area contributed by atoms with Crippen molar-refractivity contribution in [3.8, 4) is 0 Å². The molecule has 0 radical (unpaired) electrons. The van der Waals surface area contributed by atoms with Gasteiger partial charge in [0.25, 0.3) is 0 Å². The lowest BCUT2D eigenvalue weighted by Gasteiger charge is -2.21. The lowest BCUT2D eigenvalue weighted by Crippen LogP contribution is -2.35. The topological polar surface area (TPSA) is 48.0 Å². The smallest absolute Gasteiger partial charge is 0.409 e. The first kappa shape index (κ1) is 14.2. The second-order valence-corrected chi connectivity index (χ2v) is 3.03. The molecule has 0 fully saturated rings. The fourth-order valence-electron chi connectivity index (χ4n) is 1.11. The Labute approximate surface area is 91.3 Å². The first-order valence-electron chi connectivity index (χ1n) is 5.15. The lowest BCUT2D eigenvalue weighted by molar-refractivity contribution is 0.0859. The second kappa shape index (κ2) is 9.73. The predicted molar refractivity (Wildman–Crippen MR) is 57.0 cm³/mol. The van der Waals surface area contributed by atoms with Gasteiger partial charge in [-0.3, -0.25) is 0 Å². The molecular weight excluding hydrogens is 198 g/mol. The van der Waals surface area contributed by atoms with Crippen molar-refractivity contribution < 1.29 is 19.0 Å².